The van der Waals surface area contributed by atoms with Gasteiger partial charge in [-0.2, -0.15) is 0 Å². The van der Waals surface area contributed by atoms with Crippen LogP contribution in [0, 0.1) is 23.2 Å². The van der Waals surface area contributed by atoms with E-state index < -0.39 is 26.6 Å². The van der Waals surface area contributed by atoms with E-state index in [1.54, 1.807) is 27.0 Å². The first kappa shape index (κ1) is 38.4. The average Bonchev–Trinajstić information content (AvgIpc) is 3.90. The highest BCUT2D eigenvalue weighted by atomic mass is 32.2. The molecule has 9 rings (SSSR count). The molecule has 2 bridgehead atoms. The van der Waals surface area contributed by atoms with E-state index in [4.69, 9.17) is 9.47 Å². The van der Waals surface area contributed by atoms with Crippen LogP contribution in [0.2, 0.25) is 0 Å². The van der Waals surface area contributed by atoms with E-state index in [-0.39, 0.29) is 35.3 Å². The summed E-state index contributed by atoms with van der Waals surface area (Å²) in [5.74, 6) is 1.21. The molecule has 6 aliphatic rings. The Morgan fingerprint density at radius 1 is 0.877 bits per heavy atom. The van der Waals surface area contributed by atoms with E-state index in [0.717, 1.165) is 79.3 Å². The minimum absolute atomic E-state index is 0.0978. The fourth-order valence-corrected chi connectivity index (χ4v) is 11.4. The summed E-state index contributed by atoms with van der Waals surface area (Å²) in [4.78, 5) is 48.7. The molecule has 4 aliphatic heterocycles. The number of ether oxygens (including phenoxy) is 2. The van der Waals surface area contributed by atoms with Crippen LogP contribution in [0.5, 0.6) is 5.75 Å². The van der Waals surface area contributed by atoms with Gasteiger partial charge in [-0.3, -0.25) is 9.59 Å². The Balaban J connectivity index is 1.11. The summed E-state index contributed by atoms with van der Waals surface area (Å²) in [5.41, 5.74) is 5.21. The quantitative estimate of drug-likeness (QED) is 0.323. The Morgan fingerprint density at radius 3 is 2.26 bits per heavy atom. The van der Waals surface area contributed by atoms with Gasteiger partial charge >= 0.3 is 6.03 Å². The highest BCUT2D eigenvalue weighted by Gasteiger charge is 2.62. The molecule has 0 unspecified atom stereocenters. The van der Waals surface area contributed by atoms with Gasteiger partial charge < -0.3 is 28.7 Å². The summed E-state index contributed by atoms with van der Waals surface area (Å²) >= 11 is 0. The van der Waals surface area contributed by atoms with Crippen LogP contribution < -0.4 is 9.46 Å². The van der Waals surface area contributed by atoms with Gasteiger partial charge in [0.05, 0.1) is 36.7 Å². The van der Waals surface area contributed by atoms with Crippen molar-refractivity contribution in [2.45, 2.75) is 89.3 Å². The maximum atomic E-state index is 15.4. The van der Waals surface area contributed by atoms with Crippen molar-refractivity contribution < 1.29 is 32.3 Å². The number of rotatable bonds is 6. The van der Waals surface area contributed by atoms with Crippen molar-refractivity contribution in [2.75, 3.05) is 59.6 Å². The highest BCUT2D eigenvalue weighted by molar-refractivity contribution is 7.90. The van der Waals surface area contributed by atoms with E-state index in [9.17, 15) is 18.0 Å². The Hall–Kier alpha value is -4.10. The number of aromatic nitrogens is 1. The molecule has 0 radical (unpaired) electrons. The van der Waals surface area contributed by atoms with Crippen LogP contribution in [0.4, 0.5) is 4.79 Å². The molecule has 12 nitrogen and oxygen atoms in total. The van der Waals surface area contributed by atoms with E-state index >= 15 is 4.79 Å². The van der Waals surface area contributed by atoms with Crippen molar-refractivity contribution in [1.82, 2.24) is 24.0 Å². The summed E-state index contributed by atoms with van der Waals surface area (Å²) in [6.45, 7) is 8.59. The lowest BCUT2D eigenvalue weighted by molar-refractivity contribution is -0.139. The van der Waals surface area contributed by atoms with Gasteiger partial charge in [0.1, 0.15) is 5.75 Å². The van der Waals surface area contributed by atoms with Gasteiger partial charge in [-0.15, -0.1) is 0 Å². The summed E-state index contributed by atoms with van der Waals surface area (Å²) in [6.07, 6.45) is 9.19. The number of methoxy groups -OCH3 is 1. The van der Waals surface area contributed by atoms with Crippen molar-refractivity contribution in [3.8, 4) is 17.0 Å². The van der Waals surface area contributed by atoms with Crippen molar-refractivity contribution in [3.05, 3.63) is 53.1 Å². The summed E-state index contributed by atoms with van der Waals surface area (Å²) in [6, 6.07) is 12.1. The zero-order chi connectivity index (χ0) is 39.6. The Bertz CT molecular complexity index is 2170. The average molecular weight is 800 g/mol. The summed E-state index contributed by atoms with van der Waals surface area (Å²) in [7, 11) is -2.15. The lowest BCUT2D eigenvalue weighted by atomic mass is 9.80. The summed E-state index contributed by atoms with van der Waals surface area (Å²) < 4.78 is 41.5. The van der Waals surface area contributed by atoms with Crippen molar-refractivity contribution in [1.29, 1.82) is 0 Å². The molecule has 5 heterocycles. The molecule has 57 heavy (non-hydrogen) atoms. The normalized spacial score (nSPS) is 26.5. The van der Waals surface area contributed by atoms with Gasteiger partial charge in [0.25, 0.3) is 5.91 Å². The smallest absolute Gasteiger partial charge is 0.320 e. The van der Waals surface area contributed by atoms with E-state index in [0.29, 0.717) is 64.9 Å². The van der Waals surface area contributed by atoms with Gasteiger partial charge in [0, 0.05) is 67.8 Å². The minimum atomic E-state index is -3.84. The Morgan fingerprint density at radius 2 is 1.58 bits per heavy atom. The van der Waals surface area contributed by atoms with Crippen LogP contribution >= 0.6 is 0 Å². The molecule has 2 aliphatic carbocycles. The number of carbonyl (C=O) groups is 3. The first-order valence-corrected chi connectivity index (χ1v) is 22.8. The molecule has 0 spiro atoms. The molecule has 306 valence electrons. The number of amides is 4. The number of morpholine rings is 1. The minimum Gasteiger partial charge on any atom is -0.497 e. The number of likely N-dealkylation sites (tertiary alicyclic amines) is 2. The number of carbonyl (C=O) groups excluding carboxylic acids is 3. The molecule has 5 fully saturated rings. The lowest BCUT2D eigenvalue weighted by Gasteiger charge is -2.39. The zero-order valence-electron chi connectivity index (χ0n) is 33.6. The predicted octanol–water partition coefficient (Wildman–Crippen LogP) is 6.02. The van der Waals surface area contributed by atoms with E-state index in [2.05, 4.69) is 26.3 Å². The standard InChI is InChI=1S/C44H57N5O7S/c1-28(2)57(53,54)45-41(50)32-11-13-37-38(21-32)49-27-44(42(51)47-23-29-9-10-30(24-47)26-48(25-29)43(52)46-15-17-56-18-16-46)22-34(44)19-33-20-35(55-3)12-14-36(33)40(49)39(37)31-7-5-4-6-8-31/h11-14,20-21,28-31,34H,4-10,15-19,22-27H2,1-3H3,(H,45,50)/t29-,30+,34-,44+/m1/s1. The molecule has 1 N–H and O–H groups in total. The lowest BCUT2D eigenvalue weighted by Crippen LogP contribution is -2.53. The highest BCUT2D eigenvalue weighted by Crippen LogP contribution is 2.60. The van der Waals surface area contributed by atoms with Crippen molar-refractivity contribution in [2.24, 2.45) is 23.2 Å². The maximum Gasteiger partial charge on any atom is 0.320 e. The third kappa shape index (κ3) is 7.00. The van der Waals surface area contributed by atoms with Crippen LogP contribution in [0.3, 0.4) is 0 Å². The maximum absolute atomic E-state index is 15.4. The number of sulfonamides is 1. The number of urea groups is 1. The van der Waals surface area contributed by atoms with E-state index in [1.807, 2.05) is 28.0 Å². The second kappa shape index (κ2) is 14.9. The number of benzene rings is 2. The third-order valence-corrected chi connectivity index (χ3v) is 15.8. The molecule has 4 amide bonds. The van der Waals surface area contributed by atoms with Crippen LogP contribution in [0.15, 0.2) is 36.4 Å². The van der Waals surface area contributed by atoms with Crippen LogP contribution in [-0.4, -0.2) is 110 Å². The number of hydrogen-bond acceptors (Lipinski definition) is 7. The molecule has 4 atom stereocenters. The molecule has 2 aromatic carbocycles. The largest absolute Gasteiger partial charge is 0.497 e. The zero-order valence-corrected chi connectivity index (χ0v) is 34.5. The van der Waals surface area contributed by atoms with E-state index in [1.165, 1.54) is 17.5 Å². The molecule has 2 saturated carbocycles. The van der Waals surface area contributed by atoms with Gasteiger partial charge in [-0.05, 0) is 118 Å². The molecule has 3 saturated heterocycles. The third-order valence-electron chi connectivity index (χ3n) is 14.1. The van der Waals surface area contributed by atoms with Gasteiger partial charge in [0.15, 0.2) is 0 Å². The number of nitrogens with one attached hydrogen (secondary N) is 1. The fraction of sp³-hybridized carbons (Fsp3) is 0.614. The monoisotopic (exact) mass is 799 g/mol. The van der Waals surface area contributed by atoms with Gasteiger partial charge in [-0.1, -0.05) is 25.3 Å². The molecular weight excluding hydrogens is 743 g/mol. The van der Waals surface area contributed by atoms with Crippen LogP contribution in [-0.2, 0) is 32.5 Å². The SMILES string of the molecule is COc1ccc2c(c1)C[C@@H]1C[C@]1(C(=O)N1C[C@@H]3CC[C@@H](CN(C(=O)N4CCOCC4)C3)C1)Cn1c-2c(C2CCCCC2)c2ccc(C(=O)NS(=O)(=O)C(C)C)cc21. The molecular formula is C44H57N5O7S. The second-order valence-corrected chi connectivity index (χ2v) is 20.3. The van der Waals surface area contributed by atoms with Crippen LogP contribution in [0.1, 0.15) is 92.6 Å². The topological polar surface area (TPSA) is 130 Å². The Kier molecular flexibility index (Phi) is 10.1. The number of fused-ring (bicyclic) bond motifs is 9. The Labute approximate surface area is 336 Å². The first-order chi connectivity index (χ1) is 27.5. The predicted molar refractivity (Wildman–Crippen MR) is 218 cm³/mol. The second-order valence-electron chi connectivity index (χ2n) is 18.0. The van der Waals surface area contributed by atoms with Crippen molar-refractivity contribution in [3.63, 3.8) is 0 Å². The first-order valence-electron chi connectivity index (χ1n) is 21.3. The van der Waals surface area contributed by atoms with Gasteiger partial charge in [0.2, 0.25) is 15.9 Å². The summed E-state index contributed by atoms with van der Waals surface area (Å²) in [5, 5.41) is 0.312. The fourth-order valence-electron chi connectivity index (χ4n) is 10.8. The van der Waals surface area contributed by atoms with Crippen LogP contribution in [0.25, 0.3) is 22.2 Å². The molecule has 3 aromatic rings. The molecule has 1 aromatic heterocycles. The number of hydrogen-bond donors (Lipinski definition) is 1. The van der Waals surface area contributed by atoms with Gasteiger partial charge in [-0.25, -0.2) is 17.9 Å². The number of nitrogens with zero attached hydrogens (tertiary/aromatic N) is 4. The van der Waals surface area contributed by atoms with Crippen molar-refractivity contribution >= 4 is 38.8 Å². The molecule has 13 heteroatoms.